The van der Waals surface area contributed by atoms with Crippen LogP contribution in [0, 0.1) is 0 Å². The van der Waals surface area contributed by atoms with Gasteiger partial charge in [-0.3, -0.25) is 4.40 Å². The zero-order valence-corrected chi connectivity index (χ0v) is 17.7. The van der Waals surface area contributed by atoms with Gasteiger partial charge in [0.2, 0.25) is 16.0 Å². The number of fused-ring (bicyclic) bond motifs is 1. The molecule has 1 N–H and O–H groups in total. The van der Waals surface area contributed by atoms with Crippen LogP contribution >= 0.6 is 0 Å². The van der Waals surface area contributed by atoms with Crippen molar-refractivity contribution in [1.82, 2.24) is 18.9 Å². The third-order valence-corrected chi connectivity index (χ3v) is 6.85. The maximum absolute atomic E-state index is 13.2. The molecule has 150 valence electrons. The summed E-state index contributed by atoms with van der Waals surface area (Å²) in [6.45, 7) is 9.54. The minimum Gasteiger partial charge on any atom is -0.347 e. The molecule has 0 aliphatic rings. The monoisotopic (exact) mass is 401 g/mol. The highest BCUT2D eigenvalue weighted by atomic mass is 32.2. The summed E-state index contributed by atoms with van der Waals surface area (Å²) in [4.78, 5) is 0.220. The van der Waals surface area contributed by atoms with Gasteiger partial charge in [-0.25, -0.2) is 8.42 Å². The van der Waals surface area contributed by atoms with E-state index < -0.39 is 10.0 Å². The lowest BCUT2D eigenvalue weighted by atomic mass is 10.1. The Labute approximate surface area is 166 Å². The quantitative estimate of drug-likeness (QED) is 0.653. The van der Waals surface area contributed by atoms with Crippen LogP contribution in [0.25, 0.3) is 5.65 Å². The molecule has 0 saturated carbocycles. The first kappa shape index (κ1) is 20.3. The van der Waals surface area contributed by atoms with Crippen LogP contribution in [-0.2, 0) is 10.0 Å². The van der Waals surface area contributed by atoms with E-state index in [4.69, 9.17) is 0 Å². The zero-order chi connectivity index (χ0) is 20.5. The Morgan fingerprint density at radius 3 is 2.18 bits per heavy atom. The first-order valence-electron chi connectivity index (χ1n) is 9.41. The van der Waals surface area contributed by atoms with Crippen LogP contribution in [0.4, 0.5) is 5.95 Å². The normalized spacial score (nSPS) is 13.6. The highest BCUT2D eigenvalue weighted by Gasteiger charge is 2.30. The number of aromatic nitrogens is 3. The molecule has 2 heterocycles. The van der Waals surface area contributed by atoms with E-state index in [0.717, 1.165) is 5.56 Å². The SMILES string of the molecule is CC(C)N(C(C)C)S(=O)(=O)c1ccc2nnc(N[C@H](C)c3ccccc3)n2c1. The van der Waals surface area contributed by atoms with E-state index in [2.05, 4.69) is 15.5 Å². The van der Waals surface area contributed by atoms with Crippen molar-refractivity contribution in [2.75, 3.05) is 5.32 Å². The van der Waals surface area contributed by atoms with E-state index in [1.54, 1.807) is 22.7 Å². The average molecular weight is 402 g/mol. The molecular formula is C20H27N5O2S. The number of nitrogens with one attached hydrogen (secondary N) is 1. The van der Waals surface area contributed by atoms with Gasteiger partial charge in [-0.05, 0) is 52.3 Å². The molecule has 0 radical (unpaired) electrons. The molecule has 3 rings (SSSR count). The molecule has 0 bridgehead atoms. The van der Waals surface area contributed by atoms with E-state index in [-0.39, 0.29) is 23.0 Å². The second kappa shape index (κ2) is 7.89. The van der Waals surface area contributed by atoms with Gasteiger partial charge in [-0.15, -0.1) is 10.2 Å². The van der Waals surface area contributed by atoms with Gasteiger partial charge >= 0.3 is 0 Å². The van der Waals surface area contributed by atoms with Gasteiger partial charge in [0.15, 0.2) is 5.65 Å². The highest BCUT2D eigenvalue weighted by molar-refractivity contribution is 7.89. The summed E-state index contributed by atoms with van der Waals surface area (Å²) >= 11 is 0. The molecule has 0 aliphatic heterocycles. The topological polar surface area (TPSA) is 79.6 Å². The fraction of sp³-hybridized carbons (Fsp3) is 0.400. The molecular weight excluding hydrogens is 374 g/mol. The molecule has 0 unspecified atom stereocenters. The number of benzene rings is 1. The van der Waals surface area contributed by atoms with Gasteiger partial charge in [0.25, 0.3) is 0 Å². The predicted octanol–water partition coefficient (Wildman–Crippen LogP) is 3.71. The predicted molar refractivity (Wildman–Crippen MR) is 111 cm³/mol. The lowest BCUT2D eigenvalue weighted by molar-refractivity contribution is 0.302. The fourth-order valence-corrected chi connectivity index (χ4v) is 5.25. The molecule has 0 aliphatic carbocycles. The summed E-state index contributed by atoms with van der Waals surface area (Å²) in [5.41, 5.74) is 1.69. The Bertz CT molecular complexity index is 1040. The lowest BCUT2D eigenvalue weighted by Crippen LogP contribution is -2.42. The van der Waals surface area contributed by atoms with E-state index in [1.165, 1.54) is 4.31 Å². The van der Waals surface area contributed by atoms with Crippen molar-refractivity contribution >= 4 is 21.6 Å². The molecule has 0 amide bonds. The molecule has 0 saturated heterocycles. The van der Waals surface area contributed by atoms with Crippen LogP contribution in [0.5, 0.6) is 0 Å². The molecule has 1 aromatic carbocycles. The first-order chi connectivity index (χ1) is 13.2. The van der Waals surface area contributed by atoms with Crippen LogP contribution in [0.15, 0.2) is 53.6 Å². The minimum absolute atomic E-state index is 0.00307. The van der Waals surface area contributed by atoms with Crippen molar-refractivity contribution in [2.24, 2.45) is 0 Å². The largest absolute Gasteiger partial charge is 0.347 e. The second-order valence-corrected chi connectivity index (χ2v) is 9.26. The van der Waals surface area contributed by atoms with Crippen LogP contribution in [0.1, 0.15) is 46.2 Å². The zero-order valence-electron chi connectivity index (χ0n) is 16.9. The number of hydrogen-bond donors (Lipinski definition) is 1. The number of nitrogens with zero attached hydrogens (tertiary/aromatic N) is 4. The molecule has 8 heteroatoms. The van der Waals surface area contributed by atoms with Gasteiger partial charge in [-0.1, -0.05) is 30.3 Å². The van der Waals surface area contributed by atoms with E-state index in [9.17, 15) is 8.42 Å². The average Bonchev–Trinajstić information content (AvgIpc) is 3.03. The van der Waals surface area contributed by atoms with E-state index in [1.807, 2.05) is 65.0 Å². The van der Waals surface area contributed by atoms with Crippen molar-refractivity contribution in [1.29, 1.82) is 0 Å². The smallest absolute Gasteiger partial charge is 0.245 e. The van der Waals surface area contributed by atoms with Gasteiger partial charge in [-0.2, -0.15) is 4.31 Å². The lowest BCUT2D eigenvalue weighted by Gasteiger charge is -2.29. The molecule has 0 fully saturated rings. The van der Waals surface area contributed by atoms with E-state index >= 15 is 0 Å². The number of pyridine rings is 1. The highest BCUT2D eigenvalue weighted by Crippen LogP contribution is 2.24. The molecule has 1 atom stereocenters. The number of anilines is 1. The van der Waals surface area contributed by atoms with Crippen molar-refractivity contribution in [3.63, 3.8) is 0 Å². The van der Waals surface area contributed by atoms with Crippen molar-refractivity contribution in [3.8, 4) is 0 Å². The Morgan fingerprint density at radius 1 is 0.929 bits per heavy atom. The standard InChI is InChI=1S/C20H27N5O2S/c1-14(2)25(15(3)4)28(26,27)18-11-12-19-22-23-20(24(19)13-18)21-16(5)17-9-7-6-8-10-17/h6-16H,1-5H3,(H,21,23)/t16-/m1/s1. The molecule has 28 heavy (non-hydrogen) atoms. The summed E-state index contributed by atoms with van der Waals surface area (Å²) < 4.78 is 29.6. The Morgan fingerprint density at radius 2 is 1.57 bits per heavy atom. The summed E-state index contributed by atoms with van der Waals surface area (Å²) in [5, 5.41) is 11.7. The summed E-state index contributed by atoms with van der Waals surface area (Å²) in [5.74, 6) is 0.504. The molecule has 3 aromatic rings. The number of sulfonamides is 1. The fourth-order valence-electron chi connectivity index (χ4n) is 3.41. The van der Waals surface area contributed by atoms with Gasteiger partial charge in [0.05, 0.1) is 10.9 Å². The minimum atomic E-state index is -3.64. The number of hydrogen-bond acceptors (Lipinski definition) is 5. The van der Waals surface area contributed by atoms with Gasteiger partial charge < -0.3 is 5.32 Å². The Kier molecular flexibility index (Phi) is 5.71. The van der Waals surface area contributed by atoms with Gasteiger partial charge in [0, 0.05) is 18.3 Å². The maximum Gasteiger partial charge on any atom is 0.245 e. The first-order valence-corrected chi connectivity index (χ1v) is 10.9. The van der Waals surface area contributed by atoms with E-state index in [0.29, 0.717) is 11.6 Å². The third-order valence-electron chi connectivity index (χ3n) is 4.61. The maximum atomic E-state index is 13.2. The van der Waals surface area contributed by atoms with Crippen molar-refractivity contribution < 1.29 is 8.42 Å². The summed E-state index contributed by atoms with van der Waals surface area (Å²) in [6.07, 6.45) is 1.59. The summed E-state index contributed by atoms with van der Waals surface area (Å²) in [7, 11) is -3.64. The second-order valence-electron chi connectivity index (χ2n) is 7.42. The Hall–Kier alpha value is -2.45. The van der Waals surface area contributed by atoms with Crippen LogP contribution < -0.4 is 5.32 Å². The van der Waals surface area contributed by atoms with Crippen LogP contribution in [-0.4, -0.2) is 39.4 Å². The summed E-state index contributed by atoms with van der Waals surface area (Å²) in [6, 6.07) is 13.0. The van der Waals surface area contributed by atoms with Crippen LogP contribution in [0.2, 0.25) is 0 Å². The van der Waals surface area contributed by atoms with Crippen LogP contribution in [0.3, 0.4) is 0 Å². The van der Waals surface area contributed by atoms with Crippen molar-refractivity contribution in [2.45, 2.75) is 57.6 Å². The molecule has 7 nitrogen and oxygen atoms in total. The Balaban J connectivity index is 1.99. The van der Waals surface area contributed by atoms with Crippen molar-refractivity contribution in [3.05, 3.63) is 54.2 Å². The van der Waals surface area contributed by atoms with Gasteiger partial charge in [0.1, 0.15) is 0 Å². The third kappa shape index (κ3) is 3.88. The molecule has 0 spiro atoms. The molecule has 2 aromatic heterocycles. The number of rotatable bonds is 7.